The first kappa shape index (κ1) is 20.8. The van der Waals surface area contributed by atoms with E-state index in [-0.39, 0.29) is 23.0 Å². The van der Waals surface area contributed by atoms with Gasteiger partial charge in [0.1, 0.15) is 6.54 Å². The SMILES string of the molecule is Cc1c(N(CC(=O)N[C@@H]2CCCc3ccccc32)S(C)(=O)=O)cccc1[N+](=O)[O-]. The first-order valence-corrected chi connectivity index (χ1v) is 11.1. The fourth-order valence-corrected chi connectivity index (χ4v) is 4.64. The van der Waals surface area contributed by atoms with Gasteiger partial charge in [-0.3, -0.25) is 19.2 Å². The predicted molar refractivity (Wildman–Crippen MR) is 110 cm³/mol. The molecule has 154 valence electrons. The van der Waals surface area contributed by atoms with Gasteiger partial charge in [-0.15, -0.1) is 0 Å². The lowest BCUT2D eigenvalue weighted by Gasteiger charge is -2.28. The smallest absolute Gasteiger partial charge is 0.274 e. The molecule has 0 unspecified atom stereocenters. The number of anilines is 1. The lowest BCUT2D eigenvalue weighted by Crippen LogP contribution is -2.42. The quantitative estimate of drug-likeness (QED) is 0.574. The van der Waals surface area contributed by atoms with Crippen molar-refractivity contribution in [1.29, 1.82) is 0 Å². The number of rotatable bonds is 6. The molecule has 0 heterocycles. The Labute approximate surface area is 169 Å². The molecule has 2 aromatic rings. The van der Waals surface area contributed by atoms with Crippen LogP contribution in [0.2, 0.25) is 0 Å². The Morgan fingerprint density at radius 2 is 1.97 bits per heavy atom. The van der Waals surface area contributed by atoms with Gasteiger partial charge in [-0.2, -0.15) is 0 Å². The van der Waals surface area contributed by atoms with Gasteiger partial charge < -0.3 is 5.32 Å². The normalized spacial score (nSPS) is 16.0. The molecule has 9 heteroatoms. The first-order valence-electron chi connectivity index (χ1n) is 9.27. The number of amides is 1. The average molecular weight is 417 g/mol. The standard InChI is InChI=1S/C20H23N3O5S/c1-14-18(11-6-12-19(14)23(25)26)22(29(2,27)28)13-20(24)21-17-10-5-8-15-7-3-4-9-16(15)17/h3-4,6-7,9,11-12,17H,5,8,10,13H2,1-2H3,(H,21,24)/t17-/m1/s1. The zero-order chi connectivity index (χ0) is 21.2. The molecule has 0 aromatic heterocycles. The molecule has 3 rings (SSSR count). The van der Waals surface area contributed by atoms with E-state index in [9.17, 15) is 23.3 Å². The van der Waals surface area contributed by atoms with Crippen LogP contribution in [0.4, 0.5) is 11.4 Å². The van der Waals surface area contributed by atoms with Crippen molar-refractivity contribution in [2.75, 3.05) is 17.1 Å². The highest BCUT2D eigenvalue weighted by atomic mass is 32.2. The number of nitro benzene ring substituents is 1. The Morgan fingerprint density at radius 3 is 2.66 bits per heavy atom. The van der Waals surface area contributed by atoms with Crippen LogP contribution >= 0.6 is 0 Å². The van der Waals surface area contributed by atoms with Gasteiger partial charge in [-0.1, -0.05) is 30.3 Å². The van der Waals surface area contributed by atoms with E-state index in [4.69, 9.17) is 0 Å². The van der Waals surface area contributed by atoms with E-state index in [1.54, 1.807) is 0 Å². The summed E-state index contributed by atoms with van der Waals surface area (Å²) in [5.41, 5.74) is 2.35. The van der Waals surface area contributed by atoms with Gasteiger partial charge in [0.25, 0.3) is 5.69 Å². The van der Waals surface area contributed by atoms with Crippen molar-refractivity contribution in [3.05, 3.63) is 69.3 Å². The number of sulfonamides is 1. The summed E-state index contributed by atoms with van der Waals surface area (Å²) in [4.78, 5) is 23.4. The third-order valence-electron chi connectivity index (χ3n) is 5.13. The van der Waals surface area contributed by atoms with Crippen molar-refractivity contribution in [1.82, 2.24) is 5.32 Å². The van der Waals surface area contributed by atoms with Crippen LogP contribution in [0.3, 0.4) is 0 Å². The minimum atomic E-state index is -3.83. The molecule has 1 atom stereocenters. The van der Waals surface area contributed by atoms with Gasteiger partial charge in [-0.05, 0) is 43.4 Å². The zero-order valence-corrected chi connectivity index (χ0v) is 17.1. The fraction of sp³-hybridized carbons (Fsp3) is 0.350. The Bertz CT molecular complexity index is 1050. The highest BCUT2D eigenvalue weighted by molar-refractivity contribution is 7.92. The van der Waals surface area contributed by atoms with Crippen LogP contribution in [0.25, 0.3) is 0 Å². The molecule has 0 fully saturated rings. The summed E-state index contributed by atoms with van der Waals surface area (Å²) in [6.45, 7) is 1.03. The van der Waals surface area contributed by atoms with E-state index in [0.29, 0.717) is 0 Å². The second kappa shape index (κ2) is 8.20. The molecule has 0 spiro atoms. The van der Waals surface area contributed by atoms with Gasteiger partial charge in [0.2, 0.25) is 15.9 Å². The number of carbonyl (C=O) groups is 1. The monoisotopic (exact) mass is 417 g/mol. The number of carbonyl (C=O) groups excluding carboxylic acids is 1. The molecule has 2 aromatic carbocycles. The fourth-order valence-electron chi connectivity index (χ4n) is 3.73. The molecular weight excluding hydrogens is 394 g/mol. The van der Waals surface area contributed by atoms with Gasteiger partial charge >= 0.3 is 0 Å². The first-order chi connectivity index (χ1) is 13.7. The Morgan fingerprint density at radius 1 is 1.24 bits per heavy atom. The lowest BCUT2D eigenvalue weighted by atomic mass is 9.88. The van der Waals surface area contributed by atoms with Gasteiger partial charge in [0.15, 0.2) is 0 Å². The van der Waals surface area contributed by atoms with Crippen molar-refractivity contribution in [3.8, 4) is 0 Å². The molecular formula is C20H23N3O5S. The Balaban J connectivity index is 1.85. The number of hydrogen-bond donors (Lipinski definition) is 1. The number of nitrogens with zero attached hydrogens (tertiary/aromatic N) is 2. The van der Waals surface area contributed by atoms with E-state index < -0.39 is 27.4 Å². The van der Waals surface area contributed by atoms with E-state index in [1.807, 2.05) is 24.3 Å². The Hall–Kier alpha value is -2.94. The summed E-state index contributed by atoms with van der Waals surface area (Å²) < 4.78 is 25.7. The number of fused-ring (bicyclic) bond motifs is 1. The lowest BCUT2D eigenvalue weighted by molar-refractivity contribution is -0.385. The van der Waals surface area contributed by atoms with Crippen LogP contribution in [-0.4, -0.2) is 32.0 Å². The largest absolute Gasteiger partial charge is 0.348 e. The molecule has 0 radical (unpaired) electrons. The minimum Gasteiger partial charge on any atom is -0.348 e. The molecule has 1 aliphatic carbocycles. The second-order valence-electron chi connectivity index (χ2n) is 7.16. The second-order valence-corrected chi connectivity index (χ2v) is 9.07. The van der Waals surface area contributed by atoms with Crippen LogP contribution in [0.15, 0.2) is 42.5 Å². The zero-order valence-electron chi connectivity index (χ0n) is 16.3. The number of nitrogens with one attached hydrogen (secondary N) is 1. The number of benzene rings is 2. The maximum absolute atomic E-state index is 12.7. The molecule has 1 N–H and O–H groups in total. The third-order valence-corrected chi connectivity index (χ3v) is 6.26. The molecule has 0 saturated carbocycles. The van der Waals surface area contributed by atoms with E-state index in [0.717, 1.165) is 35.4 Å². The Kier molecular flexibility index (Phi) is 5.88. The molecule has 0 aliphatic heterocycles. The summed E-state index contributed by atoms with van der Waals surface area (Å²) in [5, 5.41) is 14.1. The predicted octanol–water partition coefficient (Wildman–Crippen LogP) is 2.86. The summed E-state index contributed by atoms with van der Waals surface area (Å²) in [5.74, 6) is -0.456. The highest BCUT2D eigenvalue weighted by Gasteiger charge is 2.28. The third kappa shape index (κ3) is 4.56. The van der Waals surface area contributed by atoms with Gasteiger partial charge in [0, 0.05) is 6.07 Å². The number of nitro groups is 1. The summed E-state index contributed by atoms with van der Waals surface area (Å²) in [7, 11) is -3.83. The summed E-state index contributed by atoms with van der Waals surface area (Å²) in [6, 6.07) is 11.9. The number of aryl methyl sites for hydroxylation is 1. The van der Waals surface area contributed by atoms with E-state index >= 15 is 0 Å². The highest BCUT2D eigenvalue weighted by Crippen LogP contribution is 2.31. The summed E-state index contributed by atoms with van der Waals surface area (Å²) in [6.07, 6.45) is 3.64. The molecule has 1 amide bonds. The van der Waals surface area contributed by atoms with Gasteiger partial charge in [0.05, 0.1) is 28.5 Å². The summed E-state index contributed by atoms with van der Waals surface area (Å²) >= 11 is 0. The van der Waals surface area contributed by atoms with E-state index in [2.05, 4.69) is 5.32 Å². The molecule has 29 heavy (non-hydrogen) atoms. The topological polar surface area (TPSA) is 110 Å². The average Bonchev–Trinajstić information content (AvgIpc) is 2.66. The van der Waals surface area contributed by atoms with Crippen LogP contribution < -0.4 is 9.62 Å². The van der Waals surface area contributed by atoms with Crippen LogP contribution in [-0.2, 0) is 21.2 Å². The maximum Gasteiger partial charge on any atom is 0.274 e. The maximum atomic E-state index is 12.7. The van der Waals surface area contributed by atoms with Crippen molar-refractivity contribution < 1.29 is 18.1 Å². The van der Waals surface area contributed by atoms with Crippen molar-refractivity contribution in [2.45, 2.75) is 32.2 Å². The van der Waals surface area contributed by atoms with Crippen LogP contribution in [0.5, 0.6) is 0 Å². The van der Waals surface area contributed by atoms with Crippen molar-refractivity contribution in [2.24, 2.45) is 0 Å². The molecule has 0 bridgehead atoms. The van der Waals surface area contributed by atoms with Crippen LogP contribution in [0.1, 0.15) is 35.6 Å². The molecule has 0 saturated heterocycles. The van der Waals surface area contributed by atoms with Gasteiger partial charge in [-0.25, -0.2) is 8.42 Å². The van der Waals surface area contributed by atoms with Crippen LogP contribution in [0, 0.1) is 17.0 Å². The minimum absolute atomic E-state index is 0.126. The molecule has 1 aliphatic rings. The number of hydrogen-bond acceptors (Lipinski definition) is 5. The van der Waals surface area contributed by atoms with E-state index in [1.165, 1.54) is 30.7 Å². The van der Waals surface area contributed by atoms with Crippen molar-refractivity contribution >= 4 is 27.3 Å². The van der Waals surface area contributed by atoms with Crippen molar-refractivity contribution in [3.63, 3.8) is 0 Å². The molecule has 8 nitrogen and oxygen atoms in total.